The summed E-state index contributed by atoms with van der Waals surface area (Å²) in [5, 5.41) is 0. The fourth-order valence-electron chi connectivity index (χ4n) is 8.80. The first-order valence-electron chi connectivity index (χ1n) is 12.3. The minimum Gasteiger partial charge on any atom is -0.464 e. The van der Waals surface area contributed by atoms with Crippen molar-refractivity contribution in [3.05, 3.63) is 35.8 Å². The Hall–Kier alpha value is -1.72. The highest BCUT2D eigenvalue weighted by molar-refractivity contribution is 5.91. The Morgan fingerprint density at radius 1 is 1.09 bits per heavy atom. The Morgan fingerprint density at radius 2 is 1.91 bits per heavy atom. The van der Waals surface area contributed by atoms with E-state index in [1.54, 1.807) is 13.2 Å². The van der Waals surface area contributed by atoms with Gasteiger partial charge in [0.15, 0.2) is 22.9 Å². The monoisotopic (exact) mass is 438 g/mol. The van der Waals surface area contributed by atoms with Gasteiger partial charge in [0.05, 0.1) is 12.4 Å². The molecule has 6 rings (SSSR count). The highest BCUT2D eigenvalue weighted by Gasteiger charge is 2.76. The fourth-order valence-corrected chi connectivity index (χ4v) is 8.80. The van der Waals surface area contributed by atoms with E-state index in [9.17, 15) is 9.59 Å². The third kappa shape index (κ3) is 2.37. The summed E-state index contributed by atoms with van der Waals surface area (Å²) < 4.78 is 19.0. The molecule has 4 fully saturated rings. The van der Waals surface area contributed by atoms with Gasteiger partial charge in [-0.25, -0.2) is 0 Å². The van der Waals surface area contributed by atoms with Crippen LogP contribution in [-0.4, -0.2) is 23.3 Å². The van der Waals surface area contributed by atoms with Gasteiger partial charge in [0.2, 0.25) is 5.79 Å². The summed E-state index contributed by atoms with van der Waals surface area (Å²) in [7, 11) is 0. The molecule has 32 heavy (non-hydrogen) atoms. The first-order valence-corrected chi connectivity index (χ1v) is 12.3. The van der Waals surface area contributed by atoms with Crippen LogP contribution >= 0.6 is 0 Å². The third-order valence-corrected chi connectivity index (χ3v) is 10.3. The van der Waals surface area contributed by atoms with Gasteiger partial charge in [-0.2, -0.15) is 0 Å². The summed E-state index contributed by atoms with van der Waals surface area (Å²) in [6, 6.07) is 3.70. The van der Waals surface area contributed by atoms with Crippen molar-refractivity contribution in [3.63, 3.8) is 0 Å². The number of ether oxygens (including phenoxy) is 2. The Labute approximate surface area is 189 Å². The molecule has 3 saturated carbocycles. The molecule has 0 aromatic carbocycles. The molecule has 5 nitrogen and oxygen atoms in total. The molecular weight excluding hydrogens is 404 g/mol. The number of hydrogen-bond donors (Lipinski definition) is 0. The SMILES string of the molecule is CC(=O)[C@]12O[C@](C)(c3ccco3)O[C@H]1C[C@H]1[C@@H]3CCC4=CC(=O)CC[C@]4(C)[C@H]3CC[C@@]12C. The maximum absolute atomic E-state index is 13.4. The van der Waals surface area contributed by atoms with Crippen LogP contribution in [0.4, 0.5) is 0 Å². The molecule has 1 aromatic heterocycles. The van der Waals surface area contributed by atoms with Crippen LogP contribution in [0.1, 0.15) is 78.4 Å². The number of rotatable bonds is 2. The lowest BCUT2D eigenvalue weighted by Gasteiger charge is -2.59. The first-order chi connectivity index (χ1) is 15.1. The predicted molar refractivity (Wildman–Crippen MR) is 118 cm³/mol. The molecule has 1 aromatic rings. The maximum atomic E-state index is 13.4. The predicted octanol–water partition coefficient (Wildman–Crippen LogP) is 5.34. The summed E-state index contributed by atoms with van der Waals surface area (Å²) in [6.45, 7) is 8.24. The largest absolute Gasteiger partial charge is 0.464 e. The number of furan rings is 1. The van der Waals surface area contributed by atoms with Crippen molar-refractivity contribution in [2.45, 2.75) is 90.1 Å². The molecule has 5 heteroatoms. The molecule has 0 bridgehead atoms. The Balaban J connectivity index is 1.38. The second kappa shape index (κ2) is 6.44. The van der Waals surface area contributed by atoms with Crippen molar-refractivity contribution in [2.75, 3.05) is 0 Å². The van der Waals surface area contributed by atoms with Crippen LogP contribution in [0.25, 0.3) is 0 Å². The number of ketones is 2. The first kappa shape index (κ1) is 20.9. The normalized spacial score (nSPS) is 49.6. The number of allylic oxidation sites excluding steroid dienone is 1. The molecule has 0 amide bonds. The van der Waals surface area contributed by atoms with Gasteiger partial charge in [-0.05, 0) is 93.7 Å². The fraction of sp³-hybridized carbons (Fsp3) is 0.704. The quantitative estimate of drug-likeness (QED) is 0.624. The maximum Gasteiger partial charge on any atom is 0.226 e. The Kier molecular flexibility index (Phi) is 4.20. The molecule has 5 aliphatic rings. The van der Waals surface area contributed by atoms with Crippen LogP contribution in [0.3, 0.4) is 0 Å². The van der Waals surface area contributed by atoms with E-state index in [0.717, 1.165) is 38.5 Å². The molecule has 1 aliphatic heterocycles. The van der Waals surface area contributed by atoms with Gasteiger partial charge < -0.3 is 13.9 Å². The van der Waals surface area contributed by atoms with Crippen molar-refractivity contribution >= 4 is 11.6 Å². The van der Waals surface area contributed by atoms with Gasteiger partial charge >= 0.3 is 0 Å². The molecule has 8 atom stereocenters. The van der Waals surface area contributed by atoms with Gasteiger partial charge in [0.25, 0.3) is 0 Å². The van der Waals surface area contributed by atoms with Crippen LogP contribution in [-0.2, 0) is 24.8 Å². The van der Waals surface area contributed by atoms with E-state index < -0.39 is 11.4 Å². The van der Waals surface area contributed by atoms with Crippen molar-refractivity contribution in [1.29, 1.82) is 0 Å². The second-order valence-corrected chi connectivity index (χ2v) is 11.6. The van der Waals surface area contributed by atoms with Gasteiger partial charge in [-0.1, -0.05) is 19.4 Å². The molecule has 0 unspecified atom stereocenters. The molecule has 2 heterocycles. The average molecular weight is 439 g/mol. The number of hydrogen-bond acceptors (Lipinski definition) is 5. The van der Waals surface area contributed by atoms with Crippen LogP contribution < -0.4 is 0 Å². The van der Waals surface area contributed by atoms with Crippen LogP contribution in [0.2, 0.25) is 0 Å². The summed E-state index contributed by atoms with van der Waals surface area (Å²) in [6.07, 6.45) is 9.91. The Morgan fingerprint density at radius 3 is 2.62 bits per heavy atom. The van der Waals surface area contributed by atoms with E-state index in [1.807, 2.05) is 25.1 Å². The van der Waals surface area contributed by atoms with Crippen LogP contribution in [0, 0.1) is 28.6 Å². The van der Waals surface area contributed by atoms with E-state index in [4.69, 9.17) is 13.9 Å². The number of fused-ring (bicyclic) bond motifs is 7. The topological polar surface area (TPSA) is 65.7 Å². The van der Waals surface area contributed by atoms with E-state index >= 15 is 0 Å². The Bertz CT molecular complexity index is 1010. The number of Topliss-reactive ketones (excluding diaryl/α,β-unsaturated/α-hetero) is 1. The van der Waals surface area contributed by atoms with Crippen LogP contribution in [0.15, 0.2) is 34.5 Å². The summed E-state index contributed by atoms with van der Waals surface area (Å²) >= 11 is 0. The van der Waals surface area contributed by atoms with Crippen molar-refractivity contribution in [1.82, 2.24) is 0 Å². The lowest BCUT2D eigenvalue weighted by atomic mass is 9.46. The lowest BCUT2D eigenvalue weighted by molar-refractivity contribution is -0.234. The molecule has 0 N–H and O–H groups in total. The molecular formula is C27H34O5. The molecule has 172 valence electrons. The average Bonchev–Trinajstić information content (AvgIpc) is 3.43. The van der Waals surface area contributed by atoms with Gasteiger partial charge in [0.1, 0.15) is 0 Å². The van der Waals surface area contributed by atoms with Gasteiger partial charge in [-0.3, -0.25) is 9.59 Å². The van der Waals surface area contributed by atoms with Crippen molar-refractivity contribution < 1.29 is 23.5 Å². The zero-order chi connectivity index (χ0) is 22.5. The zero-order valence-electron chi connectivity index (χ0n) is 19.6. The molecule has 0 spiro atoms. The minimum absolute atomic E-state index is 0.0760. The van der Waals surface area contributed by atoms with E-state index in [2.05, 4.69) is 13.8 Å². The molecule has 1 saturated heterocycles. The summed E-state index contributed by atoms with van der Waals surface area (Å²) in [4.78, 5) is 25.5. The third-order valence-electron chi connectivity index (χ3n) is 10.3. The molecule has 4 aliphatic carbocycles. The van der Waals surface area contributed by atoms with Gasteiger partial charge in [0, 0.05) is 11.8 Å². The van der Waals surface area contributed by atoms with Gasteiger partial charge in [-0.15, -0.1) is 0 Å². The van der Waals surface area contributed by atoms with E-state index in [0.29, 0.717) is 35.7 Å². The number of carbonyl (C=O) groups is 2. The minimum atomic E-state index is -1.04. The van der Waals surface area contributed by atoms with E-state index in [-0.39, 0.29) is 22.7 Å². The highest BCUT2D eigenvalue weighted by Crippen LogP contribution is 2.71. The summed E-state index contributed by atoms with van der Waals surface area (Å²) in [5.41, 5.74) is 0.278. The molecule has 0 radical (unpaired) electrons. The second-order valence-electron chi connectivity index (χ2n) is 11.6. The standard InChI is InChI=1S/C27H34O5/c1-16(28)27-23(31-26(4,32-27)22-6-5-13-30-22)15-21-19-8-7-17-14-18(29)9-11-24(17,2)20(19)10-12-25(21,27)3/h5-6,13-14,19-21,23H,7-12,15H2,1-4H3/t19-,20+,21+,23+,24+,25+,26-,27+/m1/s1. The lowest BCUT2D eigenvalue weighted by Crippen LogP contribution is -2.59. The van der Waals surface area contributed by atoms with Crippen LogP contribution in [0.5, 0.6) is 0 Å². The van der Waals surface area contributed by atoms with Crippen molar-refractivity contribution in [2.24, 2.45) is 28.6 Å². The van der Waals surface area contributed by atoms with Crippen molar-refractivity contribution in [3.8, 4) is 0 Å². The highest BCUT2D eigenvalue weighted by atomic mass is 16.8. The zero-order valence-corrected chi connectivity index (χ0v) is 19.6. The van der Waals surface area contributed by atoms with E-state index in [1.165, 1.54) is 5.57 Å². The number of carbonyl (C=O) groups excluding carboxylic acids is 2. The summed E-state index contributed by atoms with van der Waals surface area (Å²) in [5.74, 6) is 1.43. The smallest absolute Gasteiger partial charge is 0.226 e.